The Hall–Kier alpha value is -2.09. The van der Waals surface area contributed by atoms with E-state index in [0.717, 1.165) is 17.5 Å². The number of fused-ring (bicyclic) bond motifs is 3. The normalized spacial score (nSPS) is 12.8. The maximum absolute atomic E-state index is 11.7. The second-order valence-electron chi connectivity index (χ2n) is 4.14. The lowest BCUT2D eigenvalue weighted by Crippen LogP contribution is -2.01. The Kier molecular flexibility index (Phi) is 2.22. The lowest BCUT2D eigenvalue weighted by Gasteiger charge is -2.05. The van der Waals surface area contributed by atoms with Gasteiger partial charge in [0.25, 0.3) is 0 Å². The van der Waals surface area contributed by atoms with Crippen molar-refractivity contribution >= 4 is 12.0 Å². The van der Waals surface area contributed by atoms with Gasteiger partial charge in [0.15, 0.2) is 0 Å². The Balaban J connectivity index is 2.31. The molecule has 0 aromatic rings. The van der Waals surface area contributed by atoms with Crippen molar-refractivity contribution in [3.8, 4) is 11.1 Å². The van der Waals surface area contributed by atoms with Gasteiger partial charge in [-0.1, -0.05) is 36.4 Å². The molecule has 3 aliphatic rings. The molecule has 2 heteroatoms. The summed E-state index contributed by atoms with van der Waals surface area (Å²) in [6.45, 7) is 0. The fraction of sp³-hybridized carbons (Fsp3) is 0.133. The molecule has 0 spiro atoms. The summed E-state index contributed by atoms with van der Waals surface area (Å²) in [6.07, 6.45) is 5.11. The highest BCUT2D eigenvalue weighted by molar-refractivity contribution is 6.00. The molecule has 0 heterocycles. The topological polar surface area (TPSA) is 26.3 Å². The zero-order valence-corrected chi connectivity index (χ0v) is 9.57. The lowest BCUT2D eigenvalue weighted by molar-refractivity contribution is 0.0602. The predicted octanol–water partition coefficient (Wildman–Crippen LogP) is 3.15. The van der Waals surface area contributed by atoms with Crippen molar-refractivity contribution in [2.75, 3.05) is 7.11 Å². The van der Waals surface area contributed by atoms with Gasteiger partial charge in [-0.2, -0.15) is 0 Å². The summed E-state index contributed by atoms with van der Waals surface area (Å²) in [6, 6.07) is 9.96. The number of carbonyl (C=O) groups excluding carboxylic acids is 1. The second-order valence-corrected chi connectivity index (χ2v) is 4.14. The largest absolute Gasteiger partial charge is 0.465 e. The molecule has 2 nitrogen and oxygen atoms in total. The maximum Gasteiger partial charge on any atom is 0.338 e. The van der Waals surface area contributed by atoms with Gasteiger partial charge in [0.2, 0.25) is 0 Å². The smallest absolute Gasteiger partial charge is 0.338 e. The van der Waals surface area contributed by atoms with Crippen LogP contribution in [0.25, 0.3) is 17.2 Å². The Morgan fingerprint density at radius 2 is 2.12 bits per heavy atom. The molecular formula is C15H12O2. The summed E-state index contributed by atoms with van der Waals surface area (Å²) >= 11 is 0. The quantitative estimate of drug-likeness (QED) is 0.695. The number of carbonyl (C=O) groups is 1. The molecule has 0 bridgehead atoms. The van der Waals surface area contributed by atoms with Crippen LogP contribution in [-0.4, -0.2) is 13.1 Å². The zero-order chi connectivity index (χ0) is 11.8. The molecule has 0 amide bonds. The molecule has 0 unspecified atom stereocenters. The van der Waals surface area contributed by atoms with E-state index in [4.69, 9.17) is 4.74 Å². The average molecular weight is 224 g/mol. The zero-order valence-electron chi connectivity index (χ0n) is 9.57. The average Bonchev–Trinajstić information content (AvgIpc) is 2.92. The van der Waals surface area contributed by atoms with Gasteiger partial charge in [0, 0.05) is 5.56 Å². The molecule has 0 radical (unpaired) electrons. The summed E-state index contributed by atoms with van der Waals surface area (Å²) in [4.78, 5) is 11.7. The third-order valence-corrected chi connectivity index (χ3v) is 3.21. The summed E-state index contributed by atoms with van der Waals surface area (Å²) in [7, 11) is 1.42. The van der Waals surface area contributed by atoms with Gasteiger partial charge >= 0.3 is 5.97 Å². The molecule has 0 saturated heterocycles. The monoisotopic (exact) mass is 224 g/mol. The molecule has 3 aliphatic carbocycles. The van der Waals surface area contributed by atoms with E-state index >= 15 is 0 Å². The molecule has 0 aliphatic heterocycles. The van der Waals surface area contributed by atoms with Crippen LogP contribution < -0.4 is 0 Å². The standard InChI is InChI=1S/C15H12O2/c1-17-15(16)13-9-8-11-6-2-4-10-5-3-7-12(10)14(11)13/h2-6,8-9H,7H2,1H3. The van der Waals surface area contributed by atoms with Crippen LogP contribution in [0, 0.1) is 0 Å². The number of rotatable bonds is 1. The van der Waals surface area contributed by atoms with E-state index in [0.29, 0.717) is 5.56 Å². The third-order valence-electron chi connectivity index (χ3n) is 3.21. The molecule has 0 aromatic heterocycles. The van der Waals surface area contributed by atoms with Gasteiger partial charge in [0.1, 0.15) is 0 Å². The first-order valence-corrected chi connectivity index (χ1v) is 5.61. The highest BCUT2D eigenvalue weighted by atomic mass is 16.5. The minimum atomic E-state index is -0.264. The summed E-state index contributed by atoms with van der Waals surface area (Å²) in [5.74, 6) is -0.264. The predicted molar refractivity (Wildman–Crippen MR) is 67.1 cm³/mol. The van der Waals surface area contributed by atoms with Crippen molar-refractivity contribution in [3.63, 3.8) is 0 Å². The number of methoxy groups -OCH3 is 1. The molecule has 3 rings (SSSR count). The van der Waals surface area contributed by atoms with Crippen molar-refractivity contribution in [3.05, 3.63) is 53.1 Å². The Morgan fingerprint density at radius 3 is 2.94 bits per heavy atom. The van der Waals surface area contributed by atoms with Crippen LogP contribution in [-0.2, 0) is 11.2 Å². The molecule has 0 aromatic carbocycles. The highest BCUT2D eigenvalue weighted by Gasteiger charge is 2.21. The van der Waals surface area contributed by atoms with E-state index < -0.39 is 0 Å². The Labute approximate surface area is 99.9 Å². The van der Waals surface area contributed by atoms with Crippen LogP contribution in [0.3, 0.4) is 0 Å². The minimum Gasteiger partial charge on any atom is -0.465 e. The molecule has 0 atom stereocenters. The highest BCUT2D eigenvalue weighted by Crippen LogP contribution is 2.35. The number of hydrogen-bond acceptors (Lipinski definition) is 2. The molecule has 17 heavy (non-hydrogen) atoms. The molecule has 84 valence electrons. The third kappa shape index (κ3) is 1.45. The van der Waals surface area contributed by atoms with Crippen LogP contribution in [0.4, 0.5) is 0 Å². The number of esters is 1. The Bertz CT molecular complexity index is 596. The van der Waals surface area contributed by atoms with E-state index in [9.17, 15) is 4.79 Å². The van der Waals surface area contributed by atoms with Gasteiger partial charge in [-0.3, -0.25) is 0 Å². The molecular weight excluding hydrogens is 212 g/mol. The van der Waals surface area contributed by atoms with Gasteiger partial charge in [0.05, 0.1) is 12.7 Å². The first kappa shape index (κ1) is 10.1. The fourth-order valence-electron chi connectivity index (χ4n) is 2.43. The van der Waals surface area contributed by atoms with Crippen molar-refractivity contribution in [1.82, 2.24) is 0 Å². The number of ether oxygens (including phenoxy) is 1. The molecule has 0 fully saturated rings. The van der Waals surface area contributed by atoms with Gasteiger partial charge in [-0.25, -0.2) is 4.79 Å². The SMILES string of the molecule is COC(=O)c1ccc2cccc3c(c1-2)CC=C3. The minimum absolute atomic E-state index is 0.264. The van der Waals surface area contributed by atoms with Crippen LogP contribution in [0.5, 0.6) is 0 Å². The lowest BCUT2D eigenvalue weighted by atomic mass is 10.0. The maximum atomic E-state index is 11.7. The van der Waals surface area contributed by atoms with Crippen molar-refractivity contribution in [2.24, 2.45) is 0 Å². The van der Waals surface area contributed by atoms with Crippen LogP contribution in [0.2, 0.25) is 0 Å². The second kappa shape index (κ2) is 3.74. The first-order chi connectivity index (χ1) is 8.31. The van der Waals surface area contributed by atoms with E-state index in [1.165, 1.54) is 18.2 Å². The fourth-order valence-corrected chi connectivity index (χ4v) is 2.43. The van der Waals surface area contributed by atoms with Gasteiger partial charge < -0.3 is 4.74 Å². The van der Waals surface area contributed by atoms with Crippen molar-refractivity contribution < 1.29 is 9.53 Å². The first-order valence-electron chi connectivity index (χ1n) is 5.61. The molecule has 0 saturated carbocycles. The van der Waals surface area contributed by atoms with E-state index in [1.54, 1.807) is 0 Å². The van der Waals surface area contributed by atoms with Crippen molar-refractivity contribution in [2.45, 2.75) is 6.42 Å². The van der Waals surface area contributed by atoms with E-state index in [2.05, 4.69) is 18.2 Å². The van der Waals surface area contributed by atoms with E-state index in [-0.39, 0.29) is 5.97 Å². The van der Waals surface area contributed by atoms with Crippen LogP contribution in [0.1, 0.15) is 21.5 Å². The summed E-state index contributed by atoms with van der Waals surface area (Å²) in [5.41, 5.74) is 5.20. The number of hydrogen-bond donors (Lipinski definition) is 0. The molecule has 0 N–H and O–H groups in total. The summed E-state index contributed by atoms with van der Waals surface area (Å²) in [5, 5.41) is 0. The van der Waals surface area contributed by atoms with Crippen LogP contribution >= 0.6 is 0 Å². The summed E-state index contributed by atoms with van der Waals surface area (Å²) < 4.78 is 4.83. The van der Waals surface area contributed by atoms with Gasteiger partial charge in [-0.15, -0.1) is 0 Å². The Morgan fingerprint density at radius 1 is 1.24 bits per heavy atom. The number of allylic oxidation sites excluding steroid dienone is 1. The van der Waals surface area contributed by atoms with E-state index in [1.807, 2.05) is 24.3 Å². The van der Waals surface area contributed by atoms with Crippen LogP contribution in [0.15, 0.2) is 36.4 Å². The van der Waals surface area contributed by atoms with Gasteiger partial charge in [-0.05, 0) is 29.2 Å². The van der Waals surface area contributed by atoms with Crippen molar-refractivity contribution in [1.29, 1.82) is 0 Å².